The van der Waals surface area contributed by atoms with Gasteiger partial charge in [-0.15, -0.1) is 0 Å². The topological polar surface area (TPSA) is 37.3 Å². The Labute approximate surface area is 91.0 Å². The second kappa shape index (κ2) is 4.52. The minimum atomic E-state index is -2.04. The Morgan fingerprint density at radius 1 is 1.43 bits per heavy atom. The molecule has 0 amide bonds. The zero-order chi connectivity index (χ0) is 10.9. The van der Waals surface area contributed by atoms with Gasteiger partial charge in [0.05, 0.1) is 0 Å². The Morgan fingerprint density at radius 3 is 2.36 bits per heavy atom. The van der Waals surface area contributed by atoms with Gasteiger partial charge in [0.2, 0.25) is 0 Å². The second-order valence-electron chi connectivity index (χ2n) is 5.60. The summed E-state index contributed by atoms with van der Waals surface area (Å²) in [5, 5.41) is 9.69. The Hall–Kier alpha value is 0.429. The van der Waals surface area contributed by atoms with E-state index >= 15 is 0 Å². The van der Waals surface area contributed by atoms with E-state index in [2.05, 4.69) is 14.8 Å². The first-order valence-electron chi connectivity index (χ1n) is 5.55. The molecule has 82 valence electrons. The van der Waals surface area contributed by atoms with Crippen LogP contribution in [0.3, 0.4) is 0 Å². The van der Waals surface area contributed by atoms with Gasteiger partial charge in [0.15, 0.2) is 0 Å². The van der Waals surface area contributed by atoms with Crippen LogP contribution < -0.4 is 0 Å². The number of hydrogen-bond donors (Lipinski definition) is 1. The molecule has 1 N–H and O–H groups in total. The van der Waals surface area contributed by atoms with Crippen LogP contribution in [-0.2, 0) is 4.79 Å². The fourth-order valence-electron chi connectivity index (χ4n) is 2.64. The van der Waals surface area contributed by atoms with E-state index < -0.39 is 24.5 Å². The number of carbonyl (C=O) groups is 1. The predicted octanol–water partition coefficient (Wildman–Crippen LogP) is 2.44. The molecule has 0 radical (unpaired) electrons. The van der Waals surface area contributed by atoms with Gasteiger partial charge in [0.25, 0.3) is 0 Å². The van der Waals surface area contributed by atoms with Crippen LogP contribution >= 0.6 is 0 Å². The molecule has 0 bridgehead atoms. The number of carbonyl (C=O) groups excluding carboxylic acids is 1. The van der Waals surface area contributed by atoms with Gasteiger partial charge >= 0.3 is 91.0 Å². The zero-order valence-electron chi connectivity index (χ0n) is 9.71. The van der Waals surface area contributed by atoms with Crippen molar-refractivity contribution in [3.8, 4) is 0 Å². The number of rotatable bonds is 2. The van der Waals surface area contributed by atoms with E-state index in [0.29, 0.717) is 16.1 Å². The van der Waals surface area contributed by atoms with E-state index in [1.165, 1.54) is 6.42 Å². The summed E-state index contributed by atoms with van der Waals surface area (Å²) in [4.78, 5) is 18.9. The van der Waals surface area contributed by atoms with E-state index in [4.69, 9.17) is 0 Å². The third-order valence-corrected chi connectivity index (χ3v) is 11.6. The quantitative estimate of drug-likeness (QED) is 0.796. The molecule has 1 aliphatic carbocycles. The molecule has 1 rings (SSSR count). The fourth-order valence-corrected chi connectivity index (χ4v) is 10.1. The predicted molar refractivity (Wildman–Crippen MR) is 61.1 cm³/mol. The maximum atomic E-state index is 11.8. The van der Waals surface area contributed by atoms with Gasteiger partial charge in [-0.2, -0.15) is 0 Å². The third kappa shape index (κ3) is 2.72. The van der Waals surface area contributed by atoms with Gasteiger partial charge < -0.3 is 0 Å². The molecule has 0 aliphatic heterocycles. The van der Waals surface area contributed by atoms with Crippen LogP contribution in [0.1, 0.15) is 26.2 Å². The average molecular weight is 305 g/mol. The monoisotopic (exact) mass is 306 g/mol. The Bertz CT molecular complexity index is 218. The normalized spacial score (nSPS) is 31.6. The van der Waals surface area contributed by atoms with Crippen LogP contribution in [0, 0.1) is 5.92 Å². The molecule has 0 aromatic heterocycles. The van der Waals surface area contributed by atoms with Crippen molar-refractivity contribution in [2.24, 2.45) is 5.92 Å². The van der Waals surface area contributed by atoms with Crippen molar-refractivity contribution in [2.45, 2.75) is 51.0 Å². The first kappa shape index (κ1) is 12.5. The van der Waals surface area contributed by atoms with Crippen LogP contribution in [-0.4, -0.2) is 35.4 Å². The molecule has 1 aliphatic rings. The molecule has 0 aromatic rings. The van der Waals surface area contributed by atoms with Crippen LogP contribution in [0.4, 0.5) is 0 Å². The summed E-state index contributed by atoms with van der Waals surface area (Å²) in [5.74, 6) is 0.266. The molecule has 0 saturated heterocycles. The van der Waals surface area contributed by atoms with E-state index in [0.717, 1.165) is 6.42 Å². The van der Waals surface area contributed by atoms with Crippen molar-refractivity contribution >= 4 is 24.2 Å². The zero-order valence-corrected chi connectivity index (χ0v) is 12.6. The SMILES string of the molecule is CC(O)C1C(=O)CCC[CH]1[Sn]([CH3])([CH3])[CH3]. The summed E-state index contributed by atoms with van der Waals surface area (Å²) in [7, 11) is 0. The van der Waals surface area contributed by atoms with Crippen molar-refractivity contribution < 1.29 is 9.90 Å². The molecule has 3 heteroatoms. The number of aliphatic hydroxyl groups is 1. The Balaban J connectivity index is 2.86. The molecule has 3 unspecified atom stereocenters. The molecule has 2 nitrogen and oxygen atoms in total. The Kier molecular flexibility index (Phi) is 4.03. The standard InChI is InChI=1S/C8H13O2.3CH3.Sn/c1-6(9)7-4-2-3-5-8(7)10;;;;/h4,6-7,9H,2-3,5H2,1H3;3*1H3;. The molecular formula is C11H22O2Sn. The summed E-state index contributed by atoms with van der Waals surface area (Å²) >= 11 is -2.04. The van der Waals surface area contributed by atoms with E-state index in [1.807, 2.05) is 0 Å². The van der Waals surface area contributed by atoms with Crippen molar-refractivity contribution in [1.29, 1.82) is 0 Å². The first-order chi connectivity index (χ1) is 6.34. The number of ketones is 1. The summed E-state index contributed by atoms with van der Waals surface area (Å²) in [5.41, 5.74) is 0. The summed E-state index contributed by atoms with van der Waals surface area (Å²) in [6.45, 7) is 1.78. The van der Waals surface area contributed by atoms with E-state index in [-0.39, 0.29) is 5.92 Å². The molecule has 0 heterocycles. The van der Waals surface area contributed by atoms with E-state index in [9.17, 15) is 9.90 Å². The van der Waals surface area contributed by atoms with Crippen LogP contribution in [0.2, 0.25) is 18.8 Å². The van der Waals surface area contributed by atoms with Gasteiger partial charge in [0.1, 0.15) is 0 Å². The molecule has 1 saturated carbocycles. The fraction of sp³-hybridized carbons (Fsp3) is 0.909. The minimum absolute atomic E-state index is 0.0421. The van der Waals surface area contributed by atoms with E-state index in [1.54, 1.807) is 6.92 Å². The molecule has 0 spiro atoms. The van der Waals surface area contributed by atoms with Crippen molar-refractivity contribution in [2.75, 3.05) is 0 Å². The van der Waals surface area contributed by atoms with Crippen molar-refractivity contribution in [3.63, 3.8) is 0 Å². The Morgan fingerprint density at radius 2 is 2.00 bits per heavy atom. The maximum absolute atomic E-state index is 11.8. The first-order valence-corrected chi connectivity index (χ1v) is 15.8. The van der Waals surface area contributed by atoms with Gasteiger partial charge in [-0.25, -0.2) is 0 Å². The molecule has 1 fully saturated rings. The summed E-state index contributed by atoms with van der Waals surface area (Å²) in [6, 6.07) is 0. The molecule has 0 aromatic carbocycles. The number of Topliss-reactive ketones (excluding diaryl/α,β-unsaturated/α-hetero) is 1. The molecular weight excluding hydrogens is 283 g/mol. The summed E-state index contributed by atoms with van der Waals surface area (Å²) < 4.78 is 0.547. The third-order valence-electron chi connectivity index (χ3n) is 3.38. The van der Waals surface area contributed by atoms with Crippen LogP contribution in [0.25, 0.3) is 0 Å². The molecule has 14 heavy (non-hydrogen) atoms. The summed E-state index contributed by atoms with van der Waals surface area (Å²) in [6.07, 6.45) is 2.46. The second-order valence-corrected chi connectivity index (χ2v) is 21.2. The van der Waals surface area contributed by atoms with Gasteiger partial charge in [-0.1, -0.05) is 0 Å². The van der Waals surface area contributed by atoms with Crippen LogP contribution in [0.15, 0.2) is 0 Å². The van der Waals surface area contributed by atoms with Crippen LogP contribution in [0.5, 0.6) is 0 Å². The molecule has 3 atom stereocenters. The van der Waals surface area contributed by atoms with Gasteiger partial charge in [-0.3, -0.25) is 0 Å². The average Bonchev–Trinajstić information content (AvgIpc) is 2.01. The van der Waals surface area contributed by atoms with Gasteiger partial charge in [-0.05, 0) is 0 Å². The van der Waals surface area contributed by atoms with Gasteiger partial charge in [0, 0.05) is 0 Å². The number of aliphatic hydroxyl groups excluding tert-OH is 1. The van der Waals surface area contributed by atoms with Crippen molar-refractivity contribution in [1.82, 2.24) is 0 Å². The van der Waals surface area contributed by atoms with Crippen molar-refractivity contribution in [3.05, 3.63) is 0 Å². The number of hydrogen-bond acceptors (Lipinski definition) is 2.